The van der Waals surface area contributed by atoms with Gasteiger partial charge in [-0.05, 0) is 37.5 Å². The number of piperidine rings is 1. The second-order valence-corrected chi connectivity index (χ2v) is 8.39. The average molecular weight is 454 g/mol. The molecule has 0 saturated carbocycles. The molecule has 2 heterocycles. The van der Waals surface area contributed by atoms with E-state index in [1.807, 2.05) is 11.0 Å². The van der Waals surface area contributed by atoms with E-state index in [9.17, 15) is 18.8 Å². The summed E-state index contributed by atoms with van der Waals surface area (Å²) in [6.07, 6.45) is 2.31. The molecule has 33 heavy (non-hydrogen) atoms. The van der Waals surface area contributed by atoms with Gasteiger partial charge >= 0.3 is 6.09 Å². The molecule has 2 aromatic rings. The van der Waals surface area contributed by atoms with E-state index in [0.717, 1.165) is 32.4 Å². The Hall–Kier alpha value is -3.42. The van der Waals surface area contributed by atoms with E-state index in [1.165, 1.54) is 11.0 Å². The third-order valence-corrected chi connectivity index (χ3v) is 6.02. The minimum atomic E-state index is -0.571. The molecular formula is C25H28FN3O4. The summed E-state index contributed by atoms with van der Waals surface area (Å²) in [4.78, 5) is 40.0. The van der Waals surface area contributed by atoms with Crippen LogP contribution in [0, 0.1) is 5.82 Å². The SMILES string of the molecule is O=C(CCC(=O)c1ccccc1)NCC1CN(c2ccc(N3CCCCC3)c(F)c2)C(=O)O1. The molecule has 4 rings (SSSR count). The van der Waals surface area contributed by atoms with Crippen molar-refractivity contribution in [3.63, 3.8) is 0 Å². The number of Topliss-reactive ketones (excluding diaryl/α,β-unsaturated/α-hetero) is 1. The zero-order chi connectivity index (χ0) is 23.2. The van der Waals surface area contributed by atoms with Gasteiger partial charge in [0.25, 0.3) is 0 Å². The summed E-state index contributed by atoms with van der Waals surface area (Å²) >= 11 is 0. The molecule has 2 saturated heterocycles. The molecule has 2 aliphatic rings. The summed E-state index contributed by atoms with van der Waals surface area (Å²) < 4.78 is 20.1. The molecule has 174 valence electrons. The van der Waals surface area contributed by atoms with Gasteiger partial charge in [0.1, 0.15) is 11.9 Å². The van der Waals surface area contributed by atoms with Crippen LogP contribution in [0.4, 0.5) is 20.6 Å². The maximum Gasteiger partial charge on any atom is 0.414 e. The molecular weight excluding hydrogens is 425 g/mol. The smallest absolute Gasteiger partial charge is 0.414 e. The molecule has 8 heteroatoms. The summed E-state index contributed by atoms with van der Waals surface area (Å²) in [7, 11) is 0. The first-order valence-corrected chi connectivity index (χ1v) is 11.4. The summed E-state index contributed by atoms with van der Waals surface area (Å²) in [6, 6.07) is 13.6. The highest BCUT2D eigenvalue weighted by Crippen LogP contribution is 2.29. The quantitative estimate of drug-likeness (QED) is 0.613. The third kappa shape index (κ3) is 5.69. The van der Waals surface area contributed by atoms with Crippen LogP contribution >= 0.6 is 0 Å². The molecule has 1 atom stereocenters. The summed E-state index contributed by atoms with van der Waals surface area (Å²) in [5.41, 5.74) is 1.56. The second-order valence-electron chi connectivity index (χ2n) is 8.39. The molecule has 1 unspecified atom stereocenters. The van der Waals surface area contributed by atoms with Gasteiger partial charge in [-0.25, -0.2) is 9.18 Å². The van der Waals surface area contributed by atoms with Crippen molar-refractivity contribution in [2.24, 2.45) is 0 Å². The van der Waals surface area contributed by atoms with E-state index in [-0.39, 0.29) is 43.4 Å². The number of ketones is 1. The number of hydrogen-bond donors (Lipinski definition) is 1. The summed E-state index contributed by atoms with van der Waals surface area (Å²) in [5, 5.41) is 2.71. The van der Waals surface area contributed by atoms with Crippen molar-refractivity contribution in [1.82, 2.24) is 5.32 Å². The number of anilines is 2. The van der Waals surface area contributed by atoms with Crippen LogP contribution in [0.15, 0.2) is 48.5 Å². The molecule has 2 aromatic carbocycles. The molecule has 2 fully saturated rings. The van der Waals surface area contributed by atoms with Crippen molar-refractivity contribution in [3.05, 3.63) is 59.9 Å². The Morgan fingerprint density at radius 2 is 1.79 bits per heavy atom. The lowest BCUT2D eigenvalue weighted by Crippen LogP contribution is -2.34. The number of hydrogen-bond acceptors (Lipinski definition) is 5. The summed E-state index contributed by atoms with van der Waals surface area (Å²) in [5.74, 6) is -0.744. The predicted octanol–water partition coefficient (Wildman–Crippen LogP) is 3.92. The number of carbonyl (C=O) groups excluding carboxylic acids is 3. The fourth-order valence-corrected chi connectivity index (χ4v) is 4.21. The van der Waals surface area contributed by atoms with Crippen LogP contribution in [0.1, 0.15) is 42.5 Å². The van der Waals surface area contributed by atoms with Crippen LogP contribution in [0.2, 0.25) is 0 Å². The van der Waals surface area contributed by atoms with Crippen molar-refractivity contribution in [2.45, 2.75) is 38.2 Å². The van der Waals surface area contributed by atoms with Crippen LogP contribution in [-0.2, 0) is 9.53 Å². The first kappa shape index (κ1) is 22.8. The van der Waals surface area contributed by atoms with Gasteiger partial charge in [-0.3, -0.25) is 14.5 Å². The predicted molar refractivity (Wildman–Crippen MR) is 123 cm³/mol. The van der Waals surface area contributed by atoms with Crippen molar-refractivity contribution in [1.29, 1.82) is 0 Å². The van der Waals surface area contributed by atoms with Gasteiger partial charge in [0.05, 0.1) is 24.5 Å². The lowest BCUT2D eigenvalue weighted by molar-refractivity contribution is -0.121. The molecule has 7 nitrogen and oxygen atoms in total. The van der Waals surface area contributed by atoms with Crippen LogP contribution in [0.5, 0.6) is 0 Å². The fourth-order valence-electron chi connectivity index (χ4n) is 4.21. The molecule has 2 amide bonds. The number of carbonyl (C=O) groups is 3. The van der Waals surface area contributed by atoms with Gasteiger partial charge < -0.3 is 15.0 Å². The summed E-state index contributed by atoms with van der Waals surface area (Å²) in [6.45, 7) is 2.01. The molecule has 0 radical (unpaired) electrons. The highest BCUT2D eigenvalue weighted by atomic mass is 19.1. The van der Waals surface area contributed by atoms with Crippen LogP contribution in [-0.4, -0.2) is 50.1 Å². The lowest BCUT2D eigenvalue weighted by atomic mass is 10.1. The Morgan fingerprint density at radius 1 is 1.03 bits per heavy atom. The fraction of sp³-hybridized carbons (Fsp3) is 0.400. The zero-order valence-electron chi connectivity index (χ0n) is 18.5. The molecule has 0 bridgehead atoms. The second kappa shape index (κ2) is 10.5. The van der Waals surface area contributed by atoms with E-state index < -0.39 is 12.2 Å². The molecule has 1 N–H and O–H groups in total. The van der Waals surface area contributed by atoms with Gasteiger partial charge in [-0.1, -0.05) is 30.3 Å². The van der Waals surface area contributed by atoms with Crippen LogP contribution in [0.3, 0.4) is 0 Å². The van der Waals surface area contributed by atoms with Gasteiger partial charge in [0.2, 0.25) is 5.91 Å². The van der Waals surface area contributed by atoms with Crippen LogP contribution < -0.4 is 15.1 Å². The maximum atomic E-state index is 14.7. The number of halogens is 1. The molecule has 2 aliphatic heterocycles. The average Bonchev–Trinajstić information content (AvgIpc) is 3.22. The third-order valence-electron chi connectivity index (χ3n) is 6.02. The number of ether oxygens (including phenoxy) is 1. The highest BCUT2D eigenvalue weighted by molar-refractivity contribution is 5.98. The highest BCUT2D eigenvalue weighted by Gasteiger charge is 2.33. The normalized spacial score (nSPS) is 18.2. The van der Waals surface area contributed by atoms with Gasteiger partial charge in [0, 0.05) is 31.5 Å². The molecule has 0 spiro atoms. The minimum absolute atomic E-state index is 0.0568. The van der Waals surface area contributed by atoms with E-state index in [4.69, 9.17) is 4.74 Å². The standard InChI is InChI=1S/C25H28FN3O4/c26-21-15-19(9-10-22(21)28-13-5-2-6-14-28)29-17-20(33-25(29)32)16-27-24(31)12-11-23(30)18-7-3-1-4-8-18/h1,3-4,7-10,15,20H,2,5-6,11-14,16-17H2,(H,27,31). The van der Waals surface area contributed by atoms with E-state index in [0.29, 0.717) is 16.9 Å². The van der Waals surface area contributed by atoms with Gasteiger partial charge in [-0.2, -0.15) is 0 Å². The van der Waals surface area contributed by atoms with Gasteiger partial charge in [0.15, 0.2) is 5.78 Å². The van der Waals surface area contributed by atoms with Crippen molar-refractivity contribution in [2.75, 3.05) is 36.0 Å². The molecule has 0 aromatic heterocycles. The van der Waals surface area contributed by atoms with E-state index in [1.54, 1.807) is 36.4 Å². The maximum absolute atomic E-state index is 14.7. The Morgan fingerprint density at radius 3 is 2.52 bits per heavy atom. The number of nitrogens with zero attached hydrogens (tertiary/aromatic N) is 2. The van der Waals surface area contributed by atoms with Crippen LogP contribution in [0.25, 0.3) is 0 Å². The van der Waals surface area contributed by atoms with Crippen molar-refractivity contribution >= 4 is 29.2 Å². The number of amides is 2. The Kier molecular flexibility index (Phi) is 7.22. The molecule has 0 aliphatic carbocycles. The minimum Gasteiger partial charge on any atom is -0.442 e. The van der Waals surface area contributed by atoms with Crippen molar-refractivity contribution < 1.29 is 23.5 Å². The first-order chi connectivity index (χ1) is 16.0. The number of rotatable bonds is 8. The Balaban J connectivity index is 1.26. The van der Waals surface area contributed by atoms with E-state index >= 15 is 0 Å². The zero-order valence-corrected chi connectivity index (χ0v) is 18.5. The lowest BCUT2D eigenvalue weighted by Gasteiger charge is -2.29. The number of nitrogens with one attached hydrogen (secondary N) is 1. The van der Waals surface area contributed by atoms with Crippen molar-refractivity contribution in [3.8, 4) is 0 Å². The largest absolute Gasteiger partial charge is 0.442 e. The Bertz CT molecular complexity index is 1010. The van der Waals surface area contributed by atoms with E-state index in [2.05, 4.69) is 5.32 Å². The topological polar surface area (TPSA) is 79.0 Å². The monoisotopic (exact) mass is 453 g/mol. The van der Waals surface area contributed by atoms with Gasteiger partial charge in [-0.15, -0.1) is 0 Å². The Labute approximate surface area is 192 Å². The number of cyclic esters (lactones) is 1. The number of benzene rings is 2. The first-order valence-electron chi connectivity index (χ1n) is 11.4.